The van der Waals surface area contributed by atoms with Gasteiger partial charge in [-0.05, 0) is 43.4 Å². The van der Waals surface area contributed by atoms with E-state index in [0.717, 1.165) is 42.5 Å². The molecule has 1 fully saturated rings. The van der Waals surface area contributed by atoms with Crippen molar-refractivity contribution in [2.24, 2.45) is 5.92 Å². The summed E-state index contributed by atoms with van der Waals surface area (Å²) in [5.74, 6) is -0.499. The third kappa shape index (κ3) is 5.50. The van der Waals surface area contributed by atoms with Gasteiger partial charge in [-0.15, -0.1) is 0 Å². The molecule has 4 rings (SSSR count). The number of fused-ring (bicyclic) bond motifs is 1. The van der Waals surface area contributed by atoms with Gasteiger partial charge < -0.3 is 5.32 Å². The molecule has 6 nitrogen and oxygen atoms in total. The van der Waals surface area contributed by atoms with Crippen LogP contribution in [0.2, 0.25) is 0 Å². The van der Waals surface area contributed by atoms with Crippen LogP contribution in [0.3, 0.4) is 0 Å². The molecule has 2 aliphatic rings. The monoisotopic (exact) mass is 535 g/mol. The number of thiocarbonyl (C=S) groups is 1. The van der Waals surface area contributed by atoms with Crippen LogP contribution in [-0.4, -0.2) is 40.0 Å². The highest BCUT2D eigenvalue weighted by Crippen LogP contribution is 2.44. The molecule has 2 aromatic rings. The quantitative estimate of drug-likeness (QED) is 0.311. The van der Waals surface area contributed by atoms with Crippen LogP contribution in [0.1, 0.15) is 56.2 Å². The molecule has 8 heteroatoms. The van der Waals surface area contributed by atoms with Crippen LogP contribution >= 0.6 is 24.0 Å². The number of carbonyl (C=O) groups excluding carboxylic acids is 3. The zero-order valence-electron chi connectivity index (χ0n) is 21.8. The molecular weight excluding hydrogens is 502 g/mol. The number of anilines is 2. The van der Waals surface area contributed by atoms with E-state index in [9.17, 15) is 14.4 Å². The minimum atomic E-state index is -0.351. The molecule has 2 aliphatic heterocycles. The summed E-state index contributed by atoms with van der Waals surface area (Å²) >= 11 is 6.78. The van der Waals surface area contributed by atoms with Crippen molar-refractivity contribution in [3.05, 3.63) is 64.1 Å². The Hall–Kier alpha value is -2.97. The first kappa shape index (κ1) is 27.1. The zero-order chi connectivity index (χ0) is 26.7. The van der Waals surface area contributed by atoms with Crippen molar-refractivity contribution in [2.45, 2.75) is 53.4 Å². The maximum Gasteiger partial charge on any atom is 0.267 e. The minimum absolute atomic E-state index is 0.150. The summed E-state index contributed by atoms with van der Waals surface area (Å²) in [6.45, 7) is 8.58. The van der Waals surface area contributed by atoms with Crippen LogP contribution in [0.25, 0.3) is 5.57 Å². The second kappa shape index (κ2) is 11.6. The van der Waals surface area contributed by atoms with Gasteiger partial charge in [-0.1, -0.05) is 93.5 Å². The van der Waals surface area contributed by atoms with Gasteiger partial charge in [-0.3, -0.25) is 24.2 Å². The van der Waals surface area contributed by atoms with Gasteiger partial charge in [-0.2, -0.15) is 0 Å². The first-order valence-corrected chi connectivity index (χ1v) is 14.0. The van der Waals surface area contributed by atoms with Crippen molar-refractivity contribution in [1.82, 2.24) is 4.90 Å². The molecule has 0 bridgehead atoms. The van der Waals surface area contributed by atoms with Crippen molar-refractivity contribution in [2.75, 3.05) is 23.3 Å². The van der Waals surface area contributed by atoms with E-state index in [1.165, 1.54) is 16.7 Å². The Morgan fingerprint density at radius 1 is 1.00 bits per heavy atom. The van der Waals surface area contributed by atoms with Crippen molar-refractivity contribution in [3.63, 3.8) is 0 Å². The fourth-order valence-electron chi connectivity index (χ4n) is 4.87. The lowest BCUT2D eigenvalue weighted by Crippen LogP contribution is -2.36. The van der Waals surface area contributed by atoms with Crippen LogP contribution in [-0.2, 0) is 14.4 Å². The second-order valence-electron chi connectivity index (χ2n) is 9.63. The van der Waals surface area contributed by atoms with Crippen molar-refractivity contribution in [1.29, 1.82) is 0 Å². The summed E-state index contributed by atoms with van der Waals surface area (Å²) in [7, 11) is 0. The van der Waals surface area contributed by atoms with E-state index in [2.05, 4.69) is 19.2 Å². The molecule has 1 N–H and O–H groups in total. The molecule has 0 saturated carbocycles. The molecule has 2 heterocycles. The predicted molar refractivity (Wildman–Crippen MR) is 155 cm³/mol. The van der Waals surface area contributed by atoms with Gasteiger partial charge in [0.15, 0.2) is 0 Å². The highest BCUT2D eigenvalue weighted by molar-refractivity contribution is 8.26. The van der Waals surface area contributed by atoms with Crippen LogP contribution in [0.4, 0.5) is 11.4 Å². The number of aryl methyl sites for hydroxylation is 2. The lowest BCUT2D eigenvalue weighted by Gasteiger charge is -2.21. The summed E-state index contributed by atoms with van der Waals surface area (Å²) in [6, 6.07) is 13.1. The molecule has 1 atom stereocenters. The number of hydrogen-bond acceptors (Lipinski definition) is 5. The van der Waals surface area contributed by atoms with E-state index in [-0.39, 0.29) is 24.3 Å². The third-order valence-corrected chi connectivity index (χ3v) is 8.48. The summed E-state index contributed by atoms with van der Waals surface area (Å²) < 4.78 is 0.485. The molecule has 0 aromatic heterocycles. The van der Waals surface area contributed by atoms with Crippen molar-refractivity contribution >= 4 is 63.0 Å². The highest BCUT2D eigenvalue weighted by atomic mass is 32.2. The van der Waals surface area contributed by atoms with Gasteiger partial charge >= 0.3 is 0 Å². The maximum absolute atomic E-state index is 13.7. The number of thioether (sulfide) groups is 1. The van der Waals surface area contributed by atoms with E-state index in [4.69, 9.17) is 12.2 Å². The molecule has 0 radical (unpaired) electrons. The first-order chi connectivity index (χ1) is 17.8. The highest BCUT2D eigenvalue weighted by Gasteiger charge is 2.42. The molecule has 3 amide bonds. The second-order valence-corrected chi connectivity index (χ2v) is 11.3. The molecule has 37 heavy (non-hydrogen) atoms. The van der Waals surface area contributed by atoms with Gasteiger partial charge in [0.2, 0.25) is 5.91 Å². The topological polar surface area (TPSA) is 69.7 Å². The molecule has 194 valence electrons. The Kier molecular flexibility index (Phi) is 8.49. The molecule has 2 aromatic carbocycles. The largest absolute Gasteiger partial charge is 0.324 e. The van der Waals surface area contributed by atoms with Gasteiger partial charge in [-0.25, -0.2) is 0 Å². The number of nitrogens with one attached hydrogen (secondary N) is 1. The summed E-state index contributed by atoms with van der Waals surface area (Å²) in [6.07, 6.45) is 4.23. The molecule has 1 saturated heterocycles. The molecule has 0 unspecified atom stereocenters. The standard InChI is InChI=1S/C29H33N3O3S2/c1-5-7-13-20(6-2)16-32-28(35)26(37-29(32)36)24-21-14-8-9-15-22(21)31(27(24)34)17-23(33)30-25-18(3)11-10-12-19(25)4/h8-12,14-15,20H,5-7,13,16-17H2,1-4H3,(H,30,33)/b26-24-/t20-/m1/s1. The lowest BCUT2D eigenvalue weighted by molar-refractivity contribution is -0.123. The number of nitrogens with zero attached hydrogens (tertiary/aromatic N) is 2. The van der Waals surface area contributed by atoms with Gasteiger partial charge in [0.1, 0.15) is 10.9 Å². The van der Waals surface area contributed by atoms with Crippen LogP contribution < -0.4 is 10.2 Å². The van der Waals surface area contributed by atoms with Gasteiger partial charge in [0.25, 0.3) is 11.8 Å². The number of rotatable bonds is 9. The smallest absolute Gasteiger partial charge is 0.267 e. The number of para-hydroxylation sites is 2. The van der Waals surface area contributed by atoms with E-state index >= 15 is 0 Å². The number of benzene rings is 2. The predicted octanol–water partition coefficient (Wildman–Crippen LogP) is 6.08. The Labute approximate surface area is 228 Å². The third-order valence-electron chi connectivity index (χ3n) is 7.03. The summed E-state index contributed by atoms with van der Waals surface area (Å²) in [5.41, 5.74) is 4.27. The number of amides is 3. The van der Waals surface area contributed by atoms with E-state index in [1.807, 2.05) is 56.3 Å². The number of carbonyl (C=O) groups is 3. The molecular formula is C29H33N3O3S2. The van der Waals surface area contributed by atoms with Crippen LogP contribution in [0.15, 0.2) is 47.4 Å². The van der Waals surface area contributed by atoms with Gasteiger partial charge in [0.05, 0.1) is 16.2 Å². The number of hydrogen-bond donors (Lipinski definition) is 1. The maximum atomic E-state index is 13.7. The zero-order valence-corrected chi connectivity index (χ0v) is 23.4. The van der Waals surface area contributed by atoms with Crippen LogP contribution in [0, 0.1) is 19.8 Å². The van der Waals surface area contributed by atoms with Crippen molar-refractivity contribution in [3.8, 4) is 0 Å². The van der Waals surface area contributed by atoms with E-state index < -0.39 is 0 Å². The van der Waals surface area contributed by atoms with Gasteiger partial charge in [0, 0.05) is 17.8 Å². The fraction of sp³-hybridized carbons (Fsp3) is 0.379. The Bertz CT molecular complexity index is 1270. The Balaban J connectivity index is 1.60. The Morgan fingerprint density at radius 2 is 1.70 bits per heavy atom. The van der Waals surface area contributed by atoms with E-state index in [1.54, 1.807) is 4.90 Å². The average molecular weight is 536 g/mol. The van der Waals surface area contributed by atoms with Crippen molar-refractivity contribution < 1.29 is 14.4 Å². The molecule has 0 aliphatic carbocycles. The van der Waals surface area contributed by atoms with Crippen LogP contribution in [0.5, 0.6) is 0 Å². The normalized spacial score (nSPS) is 18.0. The first-order valence-electron chi connectivity index (χ1n) is 12.8. The average Bonchev–Trinajstić information content (AvgIpc) is 3.31. The SMILES string of the molecule is CCCC[C@@H](CC)CN1C(=O)/C(=C2/C(=O)N(CC(=O)Nc3c(C)cccc3C)c3ccccc32)SC1=S. The molecule has 0 spiro atoms. The minimum Gasteiger partial charge on any atom is -0.324 e. The summed E-state index contributed by atoms with van der Waals surface area (Å²) in [4.78, 5) is 43.7. The fourth-order valence-corrected chi connectivity index (χ4v) is 6.22. The summed E-state index contributed by atoms with van der Waals surface area (Å²) in [5, 5.41) is 2.96. The van der Waals surface area contributed by atoms with E-state index in [0.29, 0.717) is 38.5 Å². The number of unbranched alkanes of at least 4 members (excludes halogenated alkanes) is 1. The lowest BCUT2D eigenvalue weighted by atomic mass is 9.98. The Morgan fingerprint density at radius 3 is 2.38 bits per heavy atom.